The van der Waals surface area contributed by atoms with Gasteiger partial charge in [-0.3, -0.25) is 9.59 Å². The van der Waals surface area contributed by atoms with E-state index in [0.717, 1.165) is 17.7 Å². The van der Waals surface area contributed by atoms with Crippen LogP contribution < -0.4 is 9.64 Å². The lowest BCUT2D eigenvalue weighted by Crippen LogP contribution is -2.58. The molecule has 1 aliphatic rings. The van der Waals surface area contributed by atoms with E-state index < -0.39 is 6.04 Å². The summed E-state index contributed by atoms with van der Waals surface area (Å²) < 4.78 is 5.13. The fourth-order valence-electron chi connectivity index (χ4n) is 3.36. The number of nitrogens with zero attached hydrogens (tertiary/aromatic N) is 2. The van der Waals surface area contributed by atoms with Gasteiger partial charge in [0.05, 0.1) is 7.11 Å². The first-order chi connectivity index (χ1) is 12.6. The number of carbonyl (C=O) groups excluding carboxylic acids is 2. The molecule has 136 valence electrons. The summed E-state index contributed by atoms with van der Waals surface area (Å²) in [6, 6.07) is 14.4. The van der Waals surface area contributed by atoms with Gasteiger partial charge >= 0.3 is 0 Å². The van der Waals surface area contributed by atoms with Gasteiger partial charge in [0.1, 0.15) is 11.8 Å². The van der Waals surface area contributed by atoms with Crippen LogP contribution in [-0.2, 0) is 11.2 Å². The molecule has 1 aliphatic heterocycles. The number of para-hydroxylation sites is 1. The first-order valence-corrected chi connectivity index (χ1v) is 8.91. The van der Waals surface area contributed by atoms with Gasteiger partial charge in [0, 0.05) is 24.3 Å². The fourth-order valence-corrected chi connectivity index (χ4v) is 3.36. The molecule has 1 unspecified atom stereocenters. The van der Waals surface area contributed by atoms with Gasteiger partial charge in [0.15, 0.2) is 0 Å². The van der Waals surface area contributed by atoms with E-state index in [1.165, 1.54) is 0 Å². The van der Waals surface area contributed by atoms with Gasteiger partial charge in [-0.05, 0) is 49.2 Å². The predicted octanol–water partition coefficient (Wildman–Crippen LogP) is 3.14. The van der Waals surface area contributed by atoms with Crippen LogP contribution in [0.25, 0.3) is 0 Å². The number of carbonyl (C=O) groups is 2. The van der Waals surface area contributed by atoms with Crippen molar-refractivity contribution in [1.82, 2.24) is 4.90 Å². The van der Waals surface area contributed by atoms with Crippen molar-refractivity contribution in [3.8, 4) is 5.75 Å². The highest BCUT2D eigenvalue weighted by atomic mass is 16.5. The number of methoxy groups -OCH3 is 1. The third-order valence-corrected chi connectivity index (χ3v) is 4.92. The first-order valence-electron chi connectivity index (χ1n) is 8.91. The van der Waals surface area contributed by atoms with Crippen molar-refractivity contribution in [2.24, 2.45) is 0 Å². The molecule has 0 saturated carbocycles. The van der Waals surface area contributed by atoms with E-state index in [1.807, 2.05) is 24.3 Å². The number of amides is 2. The Balaban J connectivity index is 1.80. The van der Waals surface area contributed by atoms with Crippen LogP contribution in [0.1, 0.15) is 29.8 Å². The summed E-state index contributed by atoms with van der Waals surface area (Å²) in [5.74, 6) is 0.530. The van der Waals surface area contributed by atoms with Crippen LogP contribution in [-0.4, -0.2) is 43.0 Å². The minimum Gasteiger partial charge on any atom is -0.497 e. The number of hydrogen-bond acceptors (Lipinski definition) is 3. The monoisotopic (exact) mass is 352 g/mol. The topological polar surface area (TPSA) is 49.9 Å². The highest BCUT2D eigenvalue weighted by Gasteiger charge is 2.35. The van der Waals surface area contributed by atoms with Gasteiger partial charge in [-0.15, -0.1) is 0 Å². The Labute approximate surface area is 154 Å². The van der Waals surface area contributed by atoms with Crippen LogP contribution in [0.3, 0.4) is 0 Å². The van der Waals surface area contributed by atoms with Crippen molar-refractivity contribution in [2.45, 2.75) is 26.3 Å². The quantitative estimate of drug-likeness (QED) is 0.849. The largest absolute Gasteiger partial charge is 0.497 e. The summed E-state index contributed by atoms with van der Waals surface area (Å²) in [7, 11) is 1.59. The maximum absolute atomic E-state index is 13.0. The zero-order valence-electron chi connectivity index (χ0n) is 15.4. The van der Waals surface area contributed by atoms with Gasteiger partial charge in [0.2, 0.25) is 5.91 Å². The number of anilines is 1. The second kappa shape index (κ2) is 7.60. The lowest BCUT2D eigenvalue weighted by atomic mass is 10.1. The molecule has 1 fully saturated rings. The average molecular weight is 352 g/mol. The smallest absolute Gasteiger partial charge is 0.254 e. The van der Waals surface area contributed by atoms with Crippen molar-refractivity contribution in [3.05, 3.63) is 59.7 Å². The van der Waals surface area contributed by atoms with E-state index in [1.54, 1.807) is 48.1 Å². The van der Waals surface area contributed by atoms with Crippen LogP contribution in [0.4, 0.5) is 5.69 Å². The number of ether oxygens (including phenoxy) is 1. The average Bonchev–Trinajstić information content (AvgIpc) is 2.69. The second-order valence-corrected chi connectivity index (χ2v) is 6.38. The number of hydrogen-bond donors (Lipinski definition) is 0. The number of piperazine rings is 1. The third kappa shape index (κ3) is 3.29. The molecule has 3 rings (SSSR count). The predicted molar refractivity (Wildman–Crippen MR) is 102 cm³/mol. The molecule has 1 heterocycles. The van der Waals surface area contributed by atoms with E-state index in [0.29, 0.717) is 24.4 Å². The molecule has 0 aliphatic carbocycles. The van der Waals surface area contributed by atoms with E-state index in [2.05, 4.69) is 6.92 Å². The maximum Gasteiger partial charge on any atom is 0.254 e. The Morgan fingerprint density at radius 3 is 2.46 bits per heavy atom. The molecule has 0 N–H and O–H groups in total. The Hall–Kier alpha value is -2.82. The normalized spacial score (nSPS) is 17.3. The molecule has 2 aromatic rings. The summed E-state index contributed by atoms with van der Waals surface area (Å²) in [5, 5.41) is 0. The van der Waals surface area contributed by atoms with Crippen molar-refractivity contribution in [2.75, 3.05) is 25.1 Å². The summed E-state index contributed by atoms with van der Waals surface area (Å²) in [6.45, 7) is 4.89. The highest BCUT2D eigenvalue weighted by molar-refractivity contribution is 6.03. The van der Waals surface area contributed by atoms with Crippen LogP contribution in [0, 0.1) is 0 Å². The van der Waals surface area contributed by atoms with E-state index in [4.69, 9.17) is 4.74 Å². The minimum absolute atomic E-state index is 0.0426. The molecule has 2 amide bonds. The fraction of sp³-hybridized carbons (Fsp3) is 0.333. The zero-order valence-corrected chi connectivity index (χ0v) is 15.4. The molecule has 1 saturated heterocycles. The number of aryl methyl sites for hydroxylation is 1. The van der Waals surface area contributed by atoms with Crippen LogP contribution in [0.5, 0.6) is 5.75 Å². The highest BCUT2D eigenvalue weighted by Crippen LogP contribution is 2.26. The molecular weight excluding hydrogens is 328 g/mol. The standard InChI is InChI=1S/C21H24N2O3/c1-4-16-7-5-6-8-19(16)23-14-13-22(15(2)20(23)24)21(25)17-9-11-18(26-3)12-10-17/h5-12,15H,4,13-14H2,1-3H3. The van der Waals surface area contributed by atoms with Crippen LogP contribution in [0.15, 0.2) is 48.5 Å². The number of rotatable bonds is 4. The third-order valence-electron chi connectivity index (χ3n) is 4.92. The van der Waals surface area contributed by atoms with Crippen molar-refractivity contribution < 1.29 is 14.3 Å². The van der Waals surface area contributed by atoms with Crippen LogP contribution in [0.2, 0.25) is 0 Å². The zero-order chi connectivity index (χ0) is 18.7. The van der Waals surface area contributed by atoms with Gasteiger partial charge in [-0.25, -0.2) is 0 Å². The lowest BCUT2D eigenvalue weighted by Gasteiger charge is -2.39. The summed E-state index contributed by atoms with van der Waals surface area (Å²) >= 11 is 0. The molecule has 0 bridgehead atoms. The molecule has 0 aromatic heterocycles. The van der Waals surface area contributed by atoms with E-state index in [9.17, 15) is 9.59 Å². The molecule has 1 atom stereocenters. The first kappa shape index (κ1) is 18.0. The molecule has 26 heavy (non-hydrogen) atoms. The molecule has 0 radical (unpaired) electrons. The van der Waals surface area contributed by atoms with Gasteiger partial charge in [-0.1, -0.05) is 25.1 Å². The minimum atomic E-state index is -0.497. The Morgan fingerprint density at radius 1 is 1.12 bits per heavy atom. The van der Waals surface area contributed by atoms with E-state index in [-0.39, 0.29) is 11.8 Å². The molecule has 5 heteroatoms. The van der Waals surface area contributed by atoms with Crippen molar-refractivity contribution in [3.63, 3.8) is 0 Å². The lowest BCUT2D eigenvalue weighted by molar-refractivity contribution is -0.124. The van der Waals surface area contributed by atoms with Crippen LogP contribution >= 0.6 is 0 Å². The van der Waals surface area contributed by atoms with E-state index >= 15 is 0 Å². The summed E-state index contributed by atoms with van der Waals surface area (Å²) in [4.78, 5) is 29.2. The van der Waals surface area contributed by atoms with Gasteiger partial charge in [0.25, 0.3) is 5.91 Å². The van der Waals surface area contributed by atoms with Gasteiger partial charge < -0.3 is 14.5 Å². The summed E-state index contributed by atoms with van der Waals surface area (Å²) in [5.41, 5.74) is 2.65. The second-order valence-electron chi connectivity index (χ2n) is 6.38. The van der Waals surface area contributed by atoms with Crippen molar-refractivity contribution >= 4 is 17.5 Å². The molecule has 5 nitrogen and oxygen atoms in total. The molecular formula is C21H24N2O3. The van der Waals surface area contributed by atoms with Crippen molar-refractivity contribution in [1.29, 1.82) is 0 Å². The maximum atomic E-state index is 13.0. The molecule has 0 spiro atoms. The number of benzene rings is 2. The summed E-state index contributed by atoms with van der Waals surface area (Å²) in [6.07, 6.45) is 0.864. The SMILES string of the molecule is CCc1ccccc1N1CCN(C(=O)c2ccc(OC)cc2)C(C)C1=O. The van der Waals surface area contributed by atoms with Gasteiger partial charge in [-0.2, -0.15) is 0 Å². The molecule has 2 aromatic carbocycles. The Morgan fingerprint density at radius 2 is 1.81 bits per heavy atom. The Kier molecular flexibility index (Phi) is 5.26. The Bertz CT molecular complexity index is 801.